The molecule has 4 fully saturated rings. The molecule has 0 heterocycles. The van der Waals surface area contributed by atoms with Crippen LogP contribution >= 0.6 is 21.9 Å². The van der Waals surface area contributed by atoms with Gasteiger partial charge >= 0.3 is 0 Å². The van der Waals surface area contributed by atoms with Crippen LogP contribution in [-0.2, 0) is 0 Å². The van der Waals surface area contributed by atoms with Gasteiger partial charge in [0.15, 0.2) is 0 Å². The van der Waals surface area contributed by atoms with Crippen LogP contribution in [-0.4, -0.2) is 9.90 Å². The van der Waals surface area contributed by atoms with Gasteiger partial charge in [0.2, 0.25) is 0 Å². The van der Waals surface area contributed by atoms with E-state index in [9.17, 15) is 0 Å². The fourth-order valence-corrected chi connectivity index (χ4v) is 8.70. The van der Waals surface area contributed by atoms with Crippen molar-refractivity contribution in [2.45, 2.75) is 107 Å². The number of rotatable bonds is 0. The second-order valence-electron chi connectivity index (χ2n) is 10.1. The quantitative estimate of drug-likeness (QED) is 0.350. The van der Waals surface area contributed by atoms with Crippen molar-refractivity contribution in [2.75, 3.05) is 0 Å². The van der Waals surface area contributed by atoms with Crippen LogP contribution in [0.25, 0.3) is 0 Å². The Labute approximate surface area is 158 Å². The molecule has 4 bridgehead atoms. The third-order valence-corrected chi connectivity index (χ3v) is 10.6. The van der Waals surface area contributed by atoms with Gasteiger partial charge in [-0.3, -0.25) is 0 Å². The SMILES string of the molecule is CC1CCCCC2(P)C3CCCCCC(CCC1)C1CC1(S)C2C3. The average molecular weight is 367 g/mol. The molecule has 4 aliphatic rings. The predicted octanol–water partition coefficient (Wildman–Crippen LogP) is 6.89. The van der Waals surface area contributed by atoms with Crippen molar-refractivity contribution in [1.29, 1.82) is 0 Å². The smallest absolute Gasteiger partial charge is 0.0201 e. The van der Waals surface area contributed by atoms with Gasteiger partial charge in [-0.25, -0.2) is 0 Å². The fraction of sp³-hybridized carbons (Fsp3) is 1.00. The van der Waals surface area contributed by atoms with E-state index in [0.29, 0.717) is 9.90 Å². The first-order chi connectivity index (χ1) is 11.5. The largest absolute Gasteiger partial charge is 0.172 e. The molecular formula is C22H39PS. The van der Waals surface area contributed by atoms with Crippen molar-refractivity contribution >= 4 is 21.9 Å². The van der Waals surface area contributed by atoms with Crippen molar-refractivity contribution in [3.05, 3.63) is 0 Å². The number of thiol groups is 1. The van der Waals surface area contributed by atoms with Crippen LogP contribution in [0.15, 0.2) is 0 Å². The van der Waals surface area contributed by atoms with Gasteiger partial charge in [0.1, 0.15) is 0 Å². The molecule has 0 nitrogen and oxygen atoms in total. The van der Waals surface area contributed by atoms with Gasteiger partial charge in [0, 0.05) is 4.75 Å². The van der Waals surface area contributed by atoms with Gasteiger partial charge in [-0.2, -0.15) is 12.6 Å². The summed E-state index contributed by atoms with van der Waals surface area (Å²) in [6, 6.07) is 0. The topological polar surface area (TPSA) is 0 Å². The summed E-state index contributed by atoms with van der Waals surface area (Å²) in [5, 5.41) is 0.544. The Kier molecular flexibility index (Phi) is 5.35. The Morgan fingerprint density at radius 2 is 1.58 bits per heavy atom. The zero-order chi connectivity index (χ0) is 16.8. The molecule has 0 aromatic carbocycles. The lowest BCUT2D eigenvalue weighted by Gasteiger charge is -2.58. The van der Waals surface area contributed by atoms with Crippen molar-refractivity contribution < 1.29 is 0 Å². The van der Waals surface area contributed by atoms with E-state index in [2.05, 4.69) is 16.2 Å². The lowest BCUT2D eigenvalue weighted by atomic mass is 9.57. The maximum absolute atomic E-state index is 5.40. The minimum atomic E-state index is 0.410. The van der Waals surface area contributed by atoms with Crippen LogP contribution in [0, 0.1) is 29.6 Å². The number of hydrogen-bond donors (Lipinski definition) is 1. The predicted molar refractivity (Wildman–Crippen MR) is 112 cm³/mol. The lowest BCUT2D eigenvalue weighted by molar-refractivity contribution is 0.0743. The molecule has 8 unspecified atom stereocenters. The number of hydrogen-bond acceptors (Lipinski definition) is 1. The molecule has 4 rings (SSSR count). The molecule has 2 heteroatoms. The van der Waals surface area contributed by atoms with Gasteiger partial charge in [-0.15, -0.1) is 9.24 Å². The molecule has 24 heavy (non-hydrogen) atoms. The Morgan fingerprint density at radius 3 is 2.46 bits per heavy atom. The standard InChI is InChI=1S/C22H39PS/c1-16-8-5-6-13-21(23)18-12-4-2-3-10-17(11-7-9-16)19-15-22(19,24)20(21)14-18/h16-20,24H,2-15,23H2,1H3. The Morgan fingerprint density at radius 1 is 0.875 bits per heavy atom. The molecule has 138 valence electrons. The van der Waals surface area contributed by atoms with Gasteiger partial charge in [0.05, 0.1) is 0 Å². The van der Waals surface area contributed by atoms with E-state index in [4.69, 9.17) is 12.6 Å². The molecule has 0 spiro atoms. The third-order valence-electron chi connectivity index (χ3n) is 8.59. The van der Waals surface area contributed by atoms with E-state index in [1.165, 1.54) is 89.9 Å². The first kappa shape index (κ1) is 18.2. The second kappa shape index (κ2) is 7.07. The molecule has 8 atom stereocenters. The molecule has 0 aromatic heterocycles. The second-order valence-corrected chi connectivity index (χ2v) is 12.0. The van der Waals surface area contributed by atoms with E-state index in [1.54, 1.807) is 0 Å². The summed E-state index contributed by atoms with van der Waals surface area (Å²) in [6.45, 7) is 2.50. The highest BCUT2D eigenvalue weighted by atomic mass is 32.1. The first-order valence-corrected chi connectivity index (χ1v) is 12.1. The summed E-state index contributed by atoms with van der Waals surface area (Å²) in [5.74, 6) is 4.76. The summed E-state index contributed by atoms with van der Waals surface area (Å²) in [5.41, 5.74) is 0. The van der Waals surface area contributed by atoms with Crippen LogP contribution in [0.3, 0.4) is 0 Å². The van der Waals surface area contributed by atoms with Crippen molar-refractivity contribution in [3.63, 3.8) is 0 Å². The highest BCUT2D eigenvalue weighted by molar-refractivity contribution is 7.82. The average Bonchev–Trinajstić information content (AvgIpc) is 3.21. The minimum absolute atomic E-state index is 0.410. The summed E-state index contributed by atoms with van der Waals surface area (Å²) < 4.78 is 0.410. The highest BCUT2D eigenvalue weighted by Crippen LogP contribution is 2.71. The van der Waals surface area contributed by atoms with Crippen LogP contribution in [0.1, 0.15) is 96.8 Å². The maximum Gasteiger partial charge on any atom is 0.0201 e. The van der Waals surface area contributed by atoms with E-state index in [1.807, 2.05) is 0 Å². The van der Waals surface area contributed by atoms with Crippen LogP contribution in [0.4, 0.5) is 0 Å². The summed E-state index contributed by atoms with van der Waals surface area (Å²) >= 11 is 5.40. The van der Waals surface area contributed by atoms with Crippen molar-refractivity contribution in [3.8, 4) is 0 Å². The monoisotopic (exact) mass is 366 g/mol. The molecule has 0 amide bonds. The van der Waals surface area contributed by atoms with Crippen LogP contribution < -0.4 is 0 Å². The summed E-state index contributed by atoms with van der Waals surface area (Å²) in [7, 11) is 3.42. The van der Waals surface area contributed by atoms with Gasteiger partial charge in [0.25, 0.3) is 0 Å². The molecule has 0 N–H and O–H groups in total. The Hall–Kier alpha value is 0.780. The molecule has 4 aliphatic carbocycles. The molecule has 0 radical (unpaired) electrons. The van der Waals surface area contributed by atoms with Crippen molar-refractivity contribution in [1.82, 2.24) is 0 Å². The minimum Gasteiger partial charge on any atom is -0.172 e. The third kappa shape index (κ3) is 3.24. The molecule has 0 aliphatic heterocycles. The highest BCUT2D eigenvalue weighted by Gasteiger charge is 2.67. The zero-order valence-electron chi connectivity index (χ0n) is 15.8. The summed E-state index contributed by atoms with van der Waals surface area (Å²) in [4.78, 5) is 0. The lowest BCUT2D eigenvalue weighted by Crippen LogP contribution is -2.56. The van der Waals surface area contributed by atoms with Crippen molar-refractivity contribution in [2.24, 2.45) is 29.6 Å². The molecule has 4 saturated carbocycles. The van der Waals surface area contributed by atoms with Gasteiger partial charge in [-0.1, -0.05) is 71.1 Å². The van der Waals surface area contributed by atoms with E-state index in [-0.39, 0.29) is 0 Å². The van der Waals surface area contributed by atoms with Gasteiger partial charge < -0.3 is 0 Å². The van der Waals surface area contributed by atoms with Crippen LogP contribution in [0.5, 0.6) is 0 Å². The zero-order valence-corrected chi connectivity index (χ0v) is 17.9. The van der Waals surface area contributed by atoms with E-state index < -0.39 is 0 Å². The van der Waals surface area contributed by atoms with Gasteiger partial charge in [-0.05, 0) is 60.4 Å². The normalized spacial score (nSPS) is 52.9. The fourth-order valence-electron chi connectivity index (χ4n) is 6.87. The van der Waals surface area contributed by atoms with E-state index in [0.717, 1.165) is 29.6 Å². The molecule has 0 aromatic rings. The maximum atomic E-state index is 5.40. The Balaban J connectivity index is 1.59. The first-order valence-electron chi connectivity index (χ1n) is 11.1. The Bertz CT molecular complexity index is 451. The summed E-state index contributed by atoms with van der Waals surface area (Å²) in [6.07, 6.45) is 20.7. The van der Waals surface area contributed by atoms with Crippen LogP contribution in [0.2, 0.25) is 0 Å². The molecular weight excluding hydrogens is 327 g/mol. The van der Waals surface area contributed by atoms with E-state index >= 15 is 0 Å². The molecule has 0 saturated heterocycles.